The maximum Gasteiger partial charge on any atom is 0.340 e. The van der Waals surface area contributed by atoms with E-state index in [2.05, 4.69) is 0 Å². The predicted octanol–water partition coefficient (Wildman–Crippen LogP) is 4.65. The van der Waals surface area contributed by atoms with Crippen molar-refractivity contribution in [2.45, 2.75) is 13.8 Å². The number of hydrogen-bond acceptors (Lipinski definition) is 3. The summed E-state index contributed by atoms with van der Waals surface area (Å²) in [5.74, 6) is -0.907. The van der Waals surface area contributed by atoms with Gasteiger partial charge in [0.2, 0.25) is 5.78 Å². The Bertz CT molecular complexity index is 675. The monoisotopic (exact) mass is 336 g/mol. The van der Waals surface area contributed by atoms with Crippen LogP contribution in [0.25, 0.3) is 0 Å². The Morgan fingerprint density at radius 1 is 1.00 bits per heavy atom. The summed E-state index contributed by atoms with van der Waals surface area (Å²) in [6.45, 7) is 3.46. The Kier molecular flexibility index (Phi) is 5.22. The summed E-state index contributed by atoms with van der Waals surface area (Å²) >= 11 is 11.7. The van der Waals surface area contributed by atoms with Crippen molar-refractivity contribution in [2.24, 2.45) is 0 Å². The van der Waals surface area contributed by atoms with Crippen LogP contribution in [0, 0.1) is 13.8 Å². The van der Waals surface area contributed by atoms with Crippen LogP contribution in [0.5, 0.6) is 0 Å². The minimum Gasteiger partial charge on any atom is -0.454 e. The molecular weight excluding hydrogens is 323 g/mol. The van der Waals surface area contributed by atoms with E-state index < -0.39 is 5.97 Å². The van der Waals surface area contributed by atoms with E-state index in [1.165, 1.54) is 18.2 Å². The average Bonchev–Trinajstić information content (AvgIpc) is 2.44. The number of halogens is 2. The molecule has 22 heavy (non-hydrogen) atoms. The summed E-state index contributed by atoms with van der Waals surface area (Å²) < 4.78 is 5.03. The zero-order valence-electron chi connectivity index (χ0n) is 12.2. The number of esters is 1. The molecule has 0 aliphatic heterocycles. The molecule has 2 aromatic carbocycles. The molecule has 0 heterocycles. The van der Waals surface area contributed by atoms with Crippen LogP contribution < -0.4 is 0 Å². The second-order valence-electron chi connectivity index (χ2n) is 4.94. The van der Waals surface area contributed by atoms with Crippen molar-refractivity contribution >= 4 is 35.0 Å². The highest BCUT2D eigenvalue weighted by atomic mass is 35.5. The molecule has 0 N–H and O–H groups in total. The van der Waals surface area contributed by atoms with Gasteiger partial charge in [-0.05, 0) is 37.6 Å². The van der Waals surface area contributed by atoms with Crippen molar-refractivity contribution in [1.82, 2.24) is 0 Å². The molecule has 3 nitrogen and oxygen atoms in total. The first-order valence-electron chi connectivity index (χ1n) is 6.61. The largest absolute Gasteiger partial charge is 0.454 e. The molecule has 0 radical (unpaired) electrons. The Balaban J connectivity index is 2.06. The third-order valence-corrected chi connectivity index (χ3v) is 3.72. The molecule has 0 spiro atoms. The number of benzene rings is 2. The van der Waals surface area contributed by atoms with Gasteiger partial charge in [0.15, 0.2) is 6.61 Å². The van der Waals surface area contributed by atoms with Crippen LogP contribution in [0.15, 0.2) is 36.4 Å². The molecule has 0 unspecified atom stereocenters. The zero-order valence-corrected chi connectivity index (χ0v) is 13.7. The number of aryl methyl sites for hydroxylation is 2. The Morgan fingerprint density at radius 2 is 1.68 bits per heavy atom. The molecular formula is C17H14Cl2O3. The molecule has 2 rings (SSSR count). The third kappa shape index (κ3) is 3.87. The molecule has 2 aromatic rings. The number of carbonyl (C=O) groups is 2. The van der Waals surface area contributed by atoms with Crippen LogP contribution in [0.2, 0.25) is 10.0 Å². The predicted molar refractivity (Wildman–Crippen MR) is 87.0 cm³/mol. The molecule has 0 atom stereocenters. The van der Waals surface area contributed by atoms with Gasteiger partial charge in [0.1, 0.15) is 0 Å². The molecule has 0 saturated heterocycles. The highest BCUT2D eigenvalue weighted by Gasteiger charge is 2.16. The van der Waals surface area contributed by atoms with Crippen molar-refractivity contribution in [3.63, 3.8) is 0 Å². The number of rotatable bonds is 4. The highest BCUT2D eigenvalue weighted by Crippen LogP contribution is 2.21. The van der Waals surface area contributed by atoms with Crippen LogP contribution in [0.4, 0.5) is 0 Å². The molecule has 0 aromatic heterocycles. The maximum absolute atomic E-state index is 12.1. The Morgan fingerprint density at radius 3 is 2.32 bits per heavy atom. The Labute approximate surface area is 138 Å². The van der Waals surface area contributed by atoms with Crippen molar-refractivity contribution in [3.8, 4) is 0 Å². The minimum absolute atomic E-state index is 0.180. The lowest BCUT2D eigenvalue weighted by molar-refractivity contribution is 0.0474. The lowest BCUT2D eigenvalue weighted by atomic mass is 10.0. The van der Waals surface area contributed by atoms with Gasteiger partial charge < -0.3 is 4.74 Å². The van der Waals surface area contributed by atoms with E-state index in [-0.39, 0.29) is 23.0 Å². The summed E-state index contributed by atoms with van der Waals surface area (Å²) in [7, 11) is 0. The van der Waals surface area contributed by atoms with E-state index in [9.17, 15) is 9.59 Å². The van der Waals surface area contributed by atoms with Crippen molar-refractivity contribution in [1.29, 1.82) is 0 Å². The fourth-order valence-electron chi connectivity index (χ4n) is 2.07. The number of carbonyl (C=O) groups excluding carboxylic acids is 2. The van der Waals surface area contributed by atoms with Gasteiger partial charge in [0.05, 0.1) is 10.6 Å². The highest BCUT2D eigenvalue weighted by molar-refractivity contribution is 6.36. The van der Waals surface area contributed by atoms with E-state index >= 15 is 0 Å². The molecule has 0 aliphatic carbocycles. The first-order valence-corrected chi connectivity index (χ1v) is 7.36. The quantitative estimate of drug-likeness (QED) is 0.602. The molecule has 5 heteroatoms. The van der Waals surface area contributed by atoms with Crippen molar-refractivity contribution in [2.75, 3.05) is 6.61 Å². The topological polar surface area (TPSA) is 43.4 Å². The number of hydrogen-bond donors (Lipinski definition) is 0. The maximum atomic E-state index is 12.1. The fraction of sp³-hybridized carbons (Fsp3) is 0.176. The zero-order chi connectivity index (χ0) is 16.3. The van der Waals surface area contributed by atoms with Gasteiger partial charge in [0.25, 0.3) is 0 Å². The second-order valence-corrected chi connectivity index (χ2v) is 5.79. The van der Waals surface area contributed by atoms with E-state index in [0.717, 1.165) is 11.1 Å². The molecule has 0 aliphatic rings. The van der Waals surface area contributed by atoms with E-state index in [1.54, 1.807) is 6.07 Å². The number of Topliss-reactive ketones (excluding diaryl/α,β-unsaturated/α-hetero) is 1. The van der Waals surface area contributed by atoms with Crippen molar-refractivity contribution in [3.05, 3.63) is 68.7 Å². The second kappa shape index (κ2) is 6.95. The standard InChI is InChI=1S/C17H14Cl2O3/c1-10-3-5-13(11(2)7-10)16(20)9-22-17(21)14-6-4-12(18)8-15(14)19/h3-8H,9H2,1-2H3. The Hall–Kier alpha value is -1.84. The summed E-state index contributed by atoms with van der Waals surface area (Å²) in [6.07, 6.45) is 0. The van der Waals surface area contributed by atoms with Crippen LogP contribution in [-0.4, -0.2) is 18.4 Å². The molecule has 0 amide bonds. The van der Waals surface area contributed by atoms with Gasteiger partial charge in [-0.15, -0.1) is 0 Å². The molecule has 0 fully saturated rings. The van der Waals surface area contributed by atoms with Crippen LogP contribution in [0.3, 0.4) is 0 Å². The van der Waals surface area contributed by atoms with E-state index in [1.807, 2.05) is 26.0 Å². The van der Waals surface area contributed by atoms with Crippen molar-refractivity contribution < 1.29 is 14.3 Å². The van der Waals surface area contributed by atoms with Crippen LogP contribution in [0.1, 0.15) is 31.8 Å². The first kappa shape index (κ1) is 16.5. The number of ether oxygens (including phenoxy) is 1. The minimum atomic E-state index is -0.653. The van der Waals surface area contributed by atoms with Gasteiger partial charge in [-0.1, -0.05) is 47.0 Å². The first-order chi connectivity index (χ1) is 10.4. The smallest absolute Gasteiger partial charge is 0.340 e. The number of ketones is 1. The van der Waals surface area contributed by atoms with Gasteiger partial charge in [-0.3, -0.25) is 4.79 Å². The third-order valence-electron chi connectivity index (χ3n) is 3.17. The van der Waals surface area contributed by atoms with E-state index in [0.29, 0.717) is 10.6 Å². The molecule has 0 saturated carbocycles. The van der Waals surface area contributed by atoms with Crippen LogP contribution >= 0.6 is 23.2 Å². The van der Waals surface area contributed by atoms with Gasteiger partial charge in [-0.25, -0.2) is 4.79 Å². The summed E-state index contributed by atoms with van der Waals surface area (Å²) in [5, 5.41) is 0.615. The summed E-state index contributed by atoms with van der Waals surface area (Å²) in [5.41, 5.74) is 2.64. The molecule has 114 valence electrons. The summed E-state index contributed by atoms with van der Waals surface area (Å²) in [4.78, 5) is 24.1. The average molecular weight is 337 g/mol. The lowest BCUT2D eigenvalue weighted by Gasteiger charge is -2.08. The fourth-order valence-corrected chi connectivity index (χ4v) is 2.55. The van der Waals surface area contributed by atoms with Gasteiger partial charge in [-0.2, -0.15) is 0 Å². The van der Waals surface area contributed by atoms with Gasteiger partial charge >= 0.3 is 5.97 Å². The van der Waals surface area contributed by atoms with E-state index in [4.69, 9.17) is 27.9 Å². The lowest BCUT2D eigenvalue weighted by Crippen LogP contribution is -2.15. The summed E-state index contributed by atoms with van der Waals surface area (Å²) in [6, 6.07) is 9.94. The molecule has 0 bridgehead atoms. The van der Waals surface area contributed by atoms with Crippen LogP contribution in [-0.2, 0) is 4.74 Å². The normalized spacial score (nSPS) is 10.4. The SMILES string of the molecule is Cc1ccc(C(=O)COC(=O)c2ccc(Cl)cc2Cl)c(C)c1. The van der Waals surface area contributed by atoms with Gasteiger partial charge in [0, 0.05) is 10.6 Å².